The Morgan fingerprint density at radius 2 is 2.04 bits per heavy atom. The lowest BCUT2D eigenvalue weighted by atomic mass is 10.1. The minimum atomic E-state index is -0.426. The second-order valence-electron chi connectivity index (χ2n) is 8.07. The van der Waals surface area contributed by atoms with Crippen LogP contribution in [-0.4, -0.2) is 40.7 Å². The van der Waals surface area contributed by atoms with Gasteiger partial charge < -0.3 is 15.0 Å². The number of rotatable bonds is 8. The lowest BCUT2D eigenvalue weighted by molar-refractivity contribution is 0.0231. The second-order valence-corrected chi connectivity index (χ2v) is 8.07. The third kappa shape index (κ3) is 7.02. The first kappa shape index (κ1) is 19.7. The van der Waals surface area contributed by atoms with Crippen LogP contribution in [0.2, 0.25) is 0 Å². The molecule has 1 aliphatic rings. The molecule has 1 saturated carbocycles. The Kier molecular flexibility index (Phi) is 6.82. The van der Waals surface area contributed by atoms with Crippen LogP contribution >= 0.6 is 0 Å². The Hall–Kier alpha value is -1.62. The molecule has 0 aliphatic heterocycles. The van der Waals surface area contributed by atoms with E-state index in [2.05, 4.69) is 30.2 Å². The molecule has 0 atom stereocenters. The monoisotopic (exact) mass is 347 g/mol. The van der Waals surface area contributed by atoms with E-state index < -0.39 is 5.60 Å². The van der Waals surface area contributed by atoms with Crippen molar-refractivity contribution < 1.29 is 9.53 Å². The molecule has 2 rings (SSSR count). The Morgan fingerprint density at radius 1 is 1.32 bits per heavy atom. The number of unbranched alkanes of at least 4 members (excludes halogenated alkanes) is 1. The predicted molar refractivity (Wildman–Crippen MR) is 101 cm³/mol. The molecule has 1 heterocycles. The molecule has 5 heteroatoms. The molecule has 1 aliphatic carbocycles. The van der Waals surface area contributed by atoms with Crippen molar-refractivity contribution in [3.05, 3.63) is 29.1 Å². The van der Waals surface area contributed by atoms with Gasteiger partial charge in [0.2, 0.25) is 0 Å². The highest BCUT2D eigenvalue weighted by Gasteiger charge is 2.34. The average molecular weight is 348 g/mol. The zero-order valence-electron chi connectivity index (χ0n) is 16.4. The first-order valence-corrected chi connectivity index (χ1v) is 9.39. The number of amides is 1. The molecule has 0 bridgehead atoms. The Balaban J connectivity index is 1.66. The van der Waals surface area contributed by atoms with Crippen LogP contribution < -0.4 is 5.32 Å². The number of hydrogen-bond donors (Lipinski definition) is 1. The third-order valence-electron chi connectivity index (χ3n) is 4.23. The summed E-state index contributed by atoms with van der Waals surface area (Å²) in [5.74, 6) is 0. The summed E-state index contributed by atoms with van der Waals surface area (Å²) in [5.41, 5.74) is 3.12. The van der Waals surface area contributed by atoms with E-state index in [4.69, 9.17) is 4.74 Å². The van der Waals surface area contributed by atoms with Gasteiger partial charge in [0.05, 0.1) is 5.69 Å². The Labute approximate surface area is 152 Å². The highest BCUT2D eigenvalue weighted by molar-refractivity contribution is 5.69. The largest absolute Gasteiger partial charge is 0.444 e. The maximum Gasteiger partial charge on any atom is 0.410 e. The van der Waals surface area contributed by atoms with Crippen LogP contribution in [-0.2, 0) is 11.3 Å². The summed E-state index contributed by atoms with van der Waals surface area (Å²) in [5, 5.41) is 3.45. The molecule has 1 amide bonds. The molecule has 140 valence electrons. The van der Waals surface area contributed by atoms with Crippen molar-refractivity contribution in [3.63, 3.8) is 0 Å². The average Bonchev–Trinajstić information content (AvgIpc) is 3.31. The van der Waals surface area contributed by atoms with Crippen molar-refractivity contribution in [3.8, 4) is 0 Å². The third-order valence-corrected chi connectivity index (χ3v) is 4.23. The second kappa shape index (κ2) is 8.65. The van der Waals surface area contributed by atoms with E-state index in [9.17, 15) is 4.79 Å². The lowest BCUT2D eigenvalue weighted by Crippen LogP contribution is -2.39. The number of nitrogens with zero attached hydrogens (tertiary/aromatic N) is 2. The van der Waals surface area contributed by atoms with Crippen molar-refractivity contribution >= 4 is 6.09 Å². The number of ether oxygens (including phenoxy) is 1. The normalized spacial score (nSPS) is 14.4. The molecule has 0 aromatic carbocycles. The van der Waals surface area contributed by atoms with Gasteiger partial charge >= 0.3 is 6.09 Å². The van der Waals surface area contributed by atoms with E-state index in [1.807, 2.05) is 31.9 Å². The van der Waals surface area contributed by atoms with Gasteiger partial charge in [0.15, 0.2) is 0 Å². The number of carbonyl (C=O) groups is 1. The van der Waals surface area contributed by atoms with Crippen LogP contribution in [0.3, 0.4) is 0 Å². The quantitative estimate of drug-likeness (QED) is 0.723. The molecular formula is C20H33N3O2. The van der Waals surface area contributed by atoms with Crippen molar-refractivity contribution in [2.24, 2.45) is 0 Å². The van der Waals surface area contributed by atoms with Gasteiger partial charge in [0.1, 0.15) is 5.60 Å². The summed E-state index contributed by atoms with van der Waals surface area (Å²) in [6.45, 7) is 12.4. The van der Waals surface area contributed by atoms with E-state index in [1.54, 1.807) is 0 Å². The van der Waals surface area contributed by atoms with Crippen molar-refractivity contribution in [2.45, 2.75) is 78.5 Å². The highest BCUT2D eigenvalue weighted by atomic mass is 16.6. The Bertz CT molecular complexity index is 577. The zero-order chi connectivity index (χ0) is 18.4. The van der Waals surface area contributed by atoms with Gasteiger partial charge in [-0.1, -0.05) is 6.07 Å². The topological polar surface area (TPSA) is 54.5 Å². The van der Waals surface area contributed by atoms with Gasteiger partial charge in [-0.2, -0.15) is 0 Å². The SMILES string of the molecule is Cc1cnc(CNCCCCN(C(=O)OC(C)(C)C)C2CC2)c(C)c1. The van der Waals surface area contributed by atoms with Crippen LogP contribution in [0.4, 0.5) is 4.79 Å². The molecule has 0 spiro atoms. The van der Waals surface area contributed by atoms with Gasteiger partial charge in [-0.25, -0.2) is 4.79 Å². The fourth-order valence-electron chi connectivity index (χ4n) is 2.80. The molecule has 25 heavy (non-hydrogen) atoms. The van der Waals surface area contributed by atoms with Gasteiger partial charge in [0.25, 0.3) is 0 Å². The van der Waals surface area contributed by atoms with E-state index in [0.717, 1.165) is 51.0 Å². The molecule has 1 fully saturated rings. The molecule has 1 aromatic heterocycles. The molecule has 1 aromatic rings. The zero-order valence-corrected chi connectivity index (χ0v) is 16.4. The van der Waals surface area contributed by atoms with Crippen molar-refractivity contribution in [1.29, 1.82) is 0 Å². The summed E-state index contributed by atoms with van der Waals surface area (Å²) in [7, 11) is 0. The number of hydrogen-bond acceptors (Lipinski definition) is 4. The summed E-state index contributed by atoms with van der Waals surface area (Å²) in [4.78, 5) is 18.7. The van der Waals surface area contributed by atoms with Crippen LogP contribution in [0.1, 0.15) is 63.3 Å². The molecule has 1 N–H and O–H groups in total. The number of nitrogens with one attached hydrogen (secondary N) is 1. The first-order valence-electron chi connectivity index (χ1n) is 9.39. The summed E-state index contributed by atoms with van der Waals surface area (Å²) in [6.07, 6.45) is 5.99. The van der Waals surface area contributed by atoms with Gasteiger partial charge in [-0.15, -0.1) is 0 Å². The minimum Gasteiger partial charge on any atom is -0.444 e. The number of aromatic nitrogens is 1. The van der Waals surface area contributed by atoms with Crippen LogP contribution in [0.25, 0.3) is 0 Å². The van der Waals surface area contributed by atoms with Gasteiger partial charge in [0, 0.05) is 25.3 Å². The first-order chi connectivity index (χ1) is 11.8. The van der Waals surface area contributed by atoms with E-state index >= 15 is 0 Å². The summed E-state index contributed by atoms with van der Waals surface area (Å²) < 4.78 is 5.52. The van der Waals surface area contributed by atoms with Crippen molar-refractivity contribution in [2.75, 3.05) is 13.1 Å². The lowest BCUT2D eigenvalue weighted by Gasteiger charge is -2.27. The van der Waals surface area contributed by atoms with Crippen LogP contribution in [0.5, 0.6) is 0 Å². The van der Waals surface area contributed by atoms with Crippen molar-refractivity contribution in [1.82, 2.24) is 15.2 Å². The van der Waals surface area contributed by atoms with E-state index in [0.29, 0.717) is 6.04 Å². The van der Waals surface area contributed by atoms with Crippen LogP contribution in [0, 0.1) is 13.8 Å². The van der Waals surface area contributed by atoms with E-state index in [-0.39, 0.29) is 6.09 Å². The molecule has 0 unspecified atom stereocenters. The van der Waals surface area contributed by atoms with Crippen LogP contribution in [0.15, 0.2) is 12.3 Å². The number of pyridine rings is 1. The fourth-order valence-corrected chi connectivity index (χ4v) is 2.80. The maximum atomic E-state index is 12.3. The molecule has 0 saturated heterocycles. The smallest absolute Gasteiger partial charge is 0.410 e. The minimum absolute atomic E-state index is 0.164. The van der Waals surface area contributed by atoms with Gasteiger partial charge in [-0.3, -0.25) is 4.98 Å². The summed E-state index contributed by atoms with van der Waals surface area (Å²) in [6, 6.07) is 2.56. The summed E-state index contributed by atoms with van der Waals surface area (Å²) >= 11 is 0. The number of carbonyl (C=O) groups excluding carboxylic acids is 1. The molecular weight excluding hydrogens is 314 g/mol. The predicted octanol–water partition coefficient (Wildman–Crippen LogP) is 3.97. The standard InChI is InChI=1S/C20H33N3O2/c1-15-12-16(2)18(22-13-15)14-21-10-6-7-11-23(17-8-9-17)19(24)25-20(3,4)5/h12-13,17,21H,6-11,14H2,1-5H3. The number of aryl methyl sites for hydroxylation is 2. The fraction of sp³-hybridized carbons (Fsp3) is 0.700. The molecule has 5 nitrogen and oxygen atoms in total. The Morgan fingerprint density at radius 3 is 2.64 bits per heavy atom. The van der Waals surface area contributed by atoms with Gasteiger partial charge in [-0.05, 0) is 78.0 Å². The molecule has 0 radical (unpaired) electrons. The van der Waals surface area contributed by atoms with E-state index in [1.165, 1.54) is 11.1 Å². The maximum absolute atomic E-state index is 12.3. The highest BCUT2D eigenvalue weighted by Crippen LogP contribution is 2.28.